The van der Waals surface area contributed by atoms with Crippen LogP contribution in [0.3, 0.4) is 0 Å². The fourth-order valence-electron chi connectivity index (χ4n) is 3.24. The maximum absolute atomic E-state index is 10.1. The molecule has 8 nitrogen and oxygen atoms in total. The van der Waals surface area contributed by atoms with Crippen molar-refractivity contribution in [3.05, 3.63) is 48.3 Å². The van der Waals surface area contributed by atoms with Gasteiger partial charge in [0.1, 0.15) is 24.7 Å². The van der Waals surface area contributed by atoms with E-state index in [1.54, 1.807) is 12.5 Å². The standard InChI is InChI=1S/C20H30N2O6/c23-17(13-25-15-19-3-1-9-27-19)11-21-5-7-22(8-6-21)12-18(24)14-26-16-20-4-2-10-28-20/h1-4,9-10,17-18,23-24H,5-8,11-16H2/t17-,18-/m0/s1. The van der Waals surface area contributed by atoms with Gasteiger partial charge in [-0.3, -0.25) is 9.80 Å². The van der Waals surface area contributed by atoms with Crippen molar-refractivity contribution in [2.75, 3.05) is 52.5 Å². The van der Waals surface area contributed by atoms with Crippen LogP contribution in [0.25, 0.3) is 0 Å². The van der Waals surface area contributed by atoms with Gasteiger partial charge in [0.05, 0.1) is 37.9 Å². The highest BCUT2D eigenvalue weighted by atomic mass is 16.5. The van der Waals surface area contributed by atoms with Crippen molar-refractivity contribution < 1.29 is 28.5 Å². The van der Waals surface area contributed by atoms with Gasteiger partial charge in [-0.15, -0.1) is 0 Å². The molecule has 2 N–H and O–H groups in total. The van der Waals surface area contributed by atoms with Crippen LogP contribution in [0.2, 0.25) is 0 Å². The van der Waals surface area contributed by atoms with Crippen molar-refractivity contribution in [2.45, 2.75) is 25.4 Å². The predicted octanol–water partition coefficient (Wildman–Crippen LogP) is 0.945. The minimum absolute atomic E-state index is 0.284. The van der Waals surface area contributed by atoms with Crippen LogP contribution in [0, 0.1) is 0 Å². The molecule has 0 aliphatic carbocycles. The third kappa shape index (κ3) is 7.38. The number of nitrogens with zero attached hydrogens (tertiary/aromatic N) is 2. The molecule has 2 aromatic rings. The molecule has 3 rings (SSSR count). The quantitative estimate of drug-likeness (QED) is 0.550. The molecule has 0 bridgehead atoms. The zero-order valence-corrected chi connectivity index (χ0v) is 16.1. The molecule has 156 valence electrons. The van der Waals surface area contributed by atoms with E-state index in [2.05, 4.69) is 9.80 Å². The molecule has 8 heteroatoms. The number of aliphatic hydroxyl groups is 2. The lowest BCUT2D eigenvalue weighted by Gasteiger charge is -2.36. The summed E-state index contributed by atoms with van der Waals surface area (Å²) in [6, 6.07) is 7.33. The first kappa shape index (κ1) is 21.0. The fraction of sp³-hybridized carbons (Fsp3) is 0.600. The summed E-state index contributed by atoms with van der Waals surface area (Å²) in [5.74, 6) is 1.51. The first-order chi connectivity index (χ1) is 13.7. The summed E-state index contributed by atoms with van der Waals surface area (Å²) in [4.78, 5) is 4.44. The van der Waals surface area contributed by atoms with Crippen LogP contribution in [0.15, 0.2) is 45.6 Å². The summed E-state index contributed by atoms with van der Waals surface area (Å²) in [5.41, 5.74) is 0. The molecule has 1 aliphatic heterocycles. The average Bonchev–Trinajstić information content (AvgIpc) is 3.37. The maximum atomic E-state index is 10.1. The summed E-state index contributed by atoms with van der Waals surface area (Å²) in [5, 5.41) is 20.3. The van der Waals surface area contributed by atoms with Gasteiger partial charge in [0.2, 0.25) is 0 Å². The number of aliphatic hydroxyl groups excluding tert-OH is 2. The van der Waals surface area contributed by atoms with E-state index in [1.807, 2.05) is 24.3 Å². The summed E-state index contributed by atoms with van der Waals surface area (Å²) < 4.78 is 21.4. The summed E-state index contributed by atoms with van der Waals surface area (Å²) in [6.07, 6.45) is 2.16. The molecule has 2 atom stereocenters. The Morgan fingerprint density at radius 2 is 1.21 bits per heavy atom. The Hall–Kier alpha value is -1.68. The smallest absolute Gasteiger partial charge is 0.129 e. The van der Waals surface area contributed by atoms with Gasteiger partial charge in [-0.1, -0.05) is 0 Å². The molecule has 2 aromatic heterocycles. The van der Waals surface area contributed by atoms with E-state index in [0.29, 0.717) is 26.3 Å². The number of furan rings is 2. The molecule has 0 amide bonds. The summed E-state index contributed by atoms with van der Waals surface area (Å²) in [7, 11) is 0. The summed E-state index contributed by atoms with van der Waals surface area (Å²) >= 11 is 0. The number of ether oxygens (including phenoxy) is 2. The minimum Gasteiger partial charge on any atom is -0.467 e. The van der Waals surface area contributed by atoms with Gasteiger partial charge < -0.3 is 28.5 Å². The van der Waals surface area contributed by atoms with Gasteiger partial charge in [0, 0.05) is 39.3 Å². The van der Waals surface area contributed by atoms with E-state index < -0.39 is 12.2 Å². The topological polar surface area (TPSA) is 91.7 Å². The Morgan fingerprint density at radius 3 is 1.57 bits per heavy atom. The molecule has 0 spiro atoms. The molecule has 0 saturated carbocycles. The average molecular weight is 394 g/mol. The third-order valence-corrected chi connectivity index (χ3v) is 4.67. The number of hydrogen-bond acceptors (Lipinski definition) is 8. The number of β-amino-alcohol motifs (C(OH)–C–C–N with tert-alkyl or cyclic N) is 2. The third-order valence-electron chi connectivity index (χ3n) is 4.67. The first-order valence-electron chi connectivity index (χ1n) is 9.70. The van der Waals surface area contributed by atoms with Crippen LogP contribution in [0.1, 0.15) is 11.5 Å². The second-order valence-electron chi connectivity index (χ2n) is 7.10. The lowest BCUT2D eigenvalue weighted by atomic mass is 10.2. The Labute approximate surface area is 165 Å². The van der Waals surface area contributed by atoms with E-state index in [9.17, 15) is 10.2 Å². The summed E-state index contributed by atoms with van der Waals surface area (Å²) in [6.45, 7) is 5.91. The molecule has 0 unspecified atom stereocenters. The van der Waals surface area contributed by atoms with E-state index in [4.69, 9.17) is 18.3 Å². The maximum Gasteiger partial charge on any atom is 0.129 e. The zero-order chi connectivity index (χ0) is 19.6. The van der Waals surface area contributed by atoms with Crippen LogP contribution < -0.4 is 0 Å². The number of piperazine rings is 1. The van der Waals surface area contributed by atoms with Crippen LogP contribution in [0.5, 0.6) is 0 Å². The molecule has 1 saturated heterocycles. The molecule has 1 aliphatic rings. The lowest BCUT2D eigenvalue weighted by molar-refractivity contribution is -0.0168. The van der Waals surface area contributed by atoms with Gasteiger partial charge in [-0.05, 0) is 24.3 Å². The molecular weight excluding hydrogens is 364 g/mol. The van der Waals surface area contributed by atoms with Crippen molar-refractivity contribution in [3.63, 3.8) is 0 Å². The Kier molecular flexibility index (Phi) is 8.53. The SMILES string of the molecule is O[C@H](COCc1ccco1)CN1CCN(C[C@H](O)COCc2ccco2)CC1. The van der Waals surface area contributed by atoms with Gasteiger partial charge >= 0.3 is 0 Å². The van der Waals surface area contributed by atoms with Crippen molar-refractivity contribution in [3.8, 4) is 0 Å². The number of hydrogen-bond donors (Lipinski definition) is 2. The predicted molar refractivity (Wildman–Crippen MR) is 102 cm³/mol. The normalized spacial score (nSPS) is 18.4. The highest BCUT2D eigenvalue weighted by Crippen LogP contribution is 2.07. The fourth-order valence-corrected chi connectivity index (χ4v) is 3.24. The second kappa shape index (κ2) is 11.4. The molecule has 28 heavy (non-hydrogen) atoms. The molecule has 0 aromatic carbocycles. The van der Waals surface area contributed by atoms with E-state index in [0.717, 1.165) is 37.7 Å². The van der Waals surface area contributed by atoms with Crippen molar-refractivity contribution in [1.82, 2.24) is 9.80 Å². The van der Waals surface area contributed by atoms with Crippen LogP contribution in [0.4, 0.5) is 0 Å². The molecule has 1 fully saturated rings. The van der Waals surface area contributed by atoms with Crippen molar-refractivity contribution in [2.24, 2.45) is 0 Å². The van der Waals surface area contributed by atoms with Crippen molar-refractivity contribution >= 4 is 0 Å². The van der Waals surface area contributed by atoms with Crippen LogP contribution in [-0.2, 0) is 22.7 Å². The second-order valence-corrected chi connectivity index (χ2v) is 7.10. The Morgan fingerprint density at radius 1 is 0.786 bits per heavy atom. The molecule has 0 radical (unpaired) electrons. The Bertz CT molecular complexity index is 569. The lowest BCUT2D eigenvalue weighted by Crippen LogP contribution is -2.51. The van der Waals surface area contributed by atoms with Crippen LogP contribution in [-0.4, -0.2) is 84.7 Å². The van der Waals surface area contributed by atoms with Gasteiger partial charge in [-0.2, -0.15) is 0 Å². The Balaban J connectivity index is 1.23. The van der Waals surface area contributed by atoms with Crippen molar-refractivity contribution in [1.29, 1.82) is 0 Å². The zero-order valence-electron chi connectivity index (χ0n) is 16.1. The highest BCUT2D eigenvalue weighted by molar-refractivity contribution is 4.96. The monoisotopic (exact) mass is 394 g/mol. The van der Waals surface area contributed by atoms with Gasteiger partial charge in [0.25, 0.3) is 0 Å². The van der Waals surface area contributed by atoms with E-state index in [-0.39, 0.29) is 13.2 Å². The van der Waals surface area contributed by atoms with E-state index >= 15 is 0 Å². The van der Waals surface area contributed by atoms with E-state index in [1.165, 1.54) is 0 Å². The highest BCUT2D eigenvalue weighted by Gasteiger charge is 2.21. The molecule has 3 heterocycles. The van der Waals surface area contributed by atoms with Gasteiger partial charge in [-0.25, -0.2) is 0 Å². The largest absolute Gasteiger partial charge is 0.467 e. The number of rotatable bonds is 12. The van der Waals surface area contributed by atoms with Gasteiger partial charge in [0.15, 0.2) is 0 Å². The first-order valence-corrected chi connectivity index (χ1v) is 9.70. The van der Waals surface area contributed by atoms with Crippen LogP contribution >= 0.6 is 0 Å². The minimum atomic E-state index is -0.526. The molecular formula is C20H30N2O6.